The monoisotopic (exact) mass is 375 g/mol. The SMILES string of the molecule is CC(C)C(=O)NNC(=O)c1cccc(S(=O)(=O)NCc2ccccc2)c1. The van der Waals surface area contributed by atoms with Crippen molar-refractivity contribution in [2.45, 2.75) is 25.3 Å². The Morgan fingerprint density at radius 2 is 1.65 bits per heavy atom. The number of carbonyl (C=O) groups is 2. The molecule has 3 N–H and O–H groups in total. The Morgan fingerprint density at radius 3 is 2.31 bits per heavy atom. The molecule has 2 amide bonds. The Balaban J connectivity index is 2.07. The molecule has 8 heteroatoms. The molecule has 2 rings (SSSR count). The zero-order valence-corrected chi connectivity index (χ0v) is 15.3. The highest BCUT2D eigenvalue weighted by Gasteiger charge is 2.16. The highest BCUT2D eigenvalue weighted by molar-refractivity contribution is 7.89. The zero-order chi connectivity index (χ0) is 19.2. The van der Waals surface area contributed by atoms with Crippen LogP contribution in [0.4, 0.5) is 0 Å². The quantitative estimate of drug-likeness (QED) is 0.667. The van der Waals surface area contributed by atoms with E-state index in [-0.39, 0.29) is 28.8 Å². The van der Waals surface area contributed by atoms with Gasteiger partial charge in [-0.2, -0.15) is 0 Å². The molecule has 0 fully saturated rings. The van der Waals surface area contributed by atoms with Gasteiger partial charge in [0.25, 0.3) is 5.91 Å². The van der Waals surface area contributed by atoms with Crippen LogP contribution in [0.2, 0.25) is 0 Å². The predicted octanol–water partition coefficient (Wildman–Crippen LogP) is 1.58. The first-order valence-corrected chi connectivity index (χ1v) is 9.52. The van der Waals surface area contributed by atoms with Crippen LogP contribution in [-0.2, 0) is 21.4 Å². The van der Waals surface area contributed by atoms with Crippen LogP contribution in [0.1, 0.15) is 29.8 Å². The molecule has 7 nitrogen and oxygen atoms in total. The van der Waals surface area contributed by atoms with Gasteiger partial charge in [-0.25, -0.2) is 13.1 Å². The molecule has 138 valence electrons. The summed E-state index contributed by atoms with van der Waals surface area (Å²) < 4.78 is 27.3. The van der Waals surface area contributed by atoms with Crippen LogP contribution in [0, 0.1) is 5.92 Å². The molecular weight excluding hydrogens is 354 g/mol. The molecule has 0 aliphatic heterocycles. The van der Waals surface area contributed by atoms with Crippen LogP contribution in [-0.4, -0.2) is 20.2 Å². The largest absolute Gasteiger partial charge is 0.273 e. The first-order chi connectivity index (χ1) is 12.3. The fraction of sp³-hybridized carbons (Fsp3) is 0.222. The third-order valence-electron chi connectivity index (χ3n) is 3.54. The standard InChI is InChI=1S/C18H21N3O4S/c1-13(2)17(22)20-21-18(23)15-9-6-10-16(11-15)26(24,25)19-12-14-7-4-3-5-8-14/h3-11,13,19H,12H2,1-2H3,(H,20,22)(H,21,23). The summed E-state index contributed by atoms with van der Waals surface area (Å²) in [6.07, 6.45) is 0. The van der Waals surface area contributed by atoms with Crippen molar-refractivity contribution in [2.24, 2.45) is 5.92 Å². The molecular formula is C18H21N3O4S. The van der Waals surface area contributed by atoms with Gasteiger partial charge in [-0.15, -0.1) is 0 Å². The molecule has 0 bridgehead atoms. The van der Waals surface area contributed by atoms with E-state index in [9.17, 15) is 18.0 Å². The van der Waals surface area contributed by atoms with E-state index in [1.807, 2.05) is 30.3 Å². The summed E-state index contributed by atoms with van der Waals surface area (Å²) in [6, 6.07) is 14.7. The van der Waals surface area contributed by atoms with Crippen LogP contribution < -0.4 is 15.6 Å². The molecule has 0 saturated carbocycles. The van der Waals surface area contributed by atoms with E-state index >= 15 is 0 Å². The minimum atomic E-state index is -3.78. The first-order valence-electron chi connectivity index (χ1n) is 8.03. The van der Waals surface area contributed by atoms with E-state index in [2.05, 4.69) is 15.6 Å². The van der Waals surface area contributed by atoms with Crippen molar-refractivity contribution in [3.8, 4) is 0 Å². The predicted molar refractivity (Wildman–Crippen MR) is 97.4 cm³/mol. The number of hydrazine groups is 1. The van der Waals surface area contributed by atoms with Crippen LogP contribution in [0.5, 0.6) is 0 Å². The smallest absolute Gasteiger partial charge is 0.269 e. The molecule has 0 aromatic heterocycles. The van der Waals surface area contributed by atoms with Gasteiger partial charge >= 0.3 is 0 Å². The summed E-state index contributed by atoms with van der Waals surface area (Å²) in [5.74, 6) is -1.23. The van der Waals surface area contributed by atoms with Gasteiger partial charge in [-0.1, -0.05) is 50.2 Å². The first kappa shape index (κ1) is 19.6. The summed E-state index contributed by atoms with van der Waals surface area (Å²) in [4.78, 5) is 23.6. The highest BCUT2D eigenvalue weighted by Crippen LogP contribution is 2.12. The van der Waals surface area contributed by atoms with E-state index in [1.165, 1.54) is 24.3 Å². The third kappa shape index (κ3) is 5.40. The number of nitrogens with one attached hydrogen (secondary N) is 3. The maximum Gasteiger partial charge on any atom is 0.269 e. The number of carbonyl (C=O) groups excluding carboxylic acids is 2. The van der Waals surface area contributed by atoms with Crippen LogP contribution in [0.25, 0.3) is 0 Å². The minimum absolute atomic E-state index is 0.0312. The number of benzene rings is 2. The van der Waals surface area contributed by atoms with Gasteiger partial charge in [0.05, 0.1) is 4.90 Å². The summed E-state index contributed by atoms with van der Waals surface area (Å²) in [5.41, 5.74) is 5.49. The lowest BCUT2D eigenvalue weighted by Crippen LogP contribution is -2.43. The molecule has 0 heterocycles. The average molecular weight is 375 g/mol. The summed E-state index contributed by atoms with van der Waals surface area (Å²) in [5, 5.41) is 0. The second kappa shape index (κ2) is 8.59. The fourth-order valence-electron chi connectivity index (χ4n) is 2.00. The van der Waals surface area contributed by atoms with E-state index in [4.69, 9.17) is 0 Å². The Labute approximate surface area is 152 Å². The maximum atomic E-state index is 12.4. The van der Waals surface area contributed by atoms with Crippen molar-refractivity contribution in [2.75, 3.05) is 0 Å². The molecule has 0 aliphatic rings. The summed E-state index contributed by atoms with van der Waals surface area (Å²) >= 11 is 0. The molecule has 0 saturated heterocycles. The lowest BCUT2D eigenvalue weighted by Gasteiger charge is -2.11. The Kier molecular flexibility index (Phi) is 6.48. The second-order valence-corrected chi connectivity index (χ2v) is 7.70. The number of rotatable bonds is 6. The summed E-state index contributed by atoms with van der Waals surface area (Å²) in [7, 11) is -3.78. The van der Waals surface area contributed by atoms with E-state index in [1.54, 1.807) is 13.8 Å². The lowest BCUT2D eigenvalue weighted by atomic mass is 10.2. The van der Waals surface area contributed by atoms with Crippen LogP contribution in [0.15, 0.2) is 59.5 Å². The van der Waals surface area contributed by atoms with Gasteiger partial charge < -0.3 is 0 Å². The van der Waals surface area contributed by atoms with Gasteiger partial charge in [-0.3, -0.25) is 20.4 Å². The third-order valence-corrected chi connectivity index (χ3v) is 4.94. The Hall–Kier alpha value is -2.71. The van der Waals surface area contributed by atoms with Gasteiger partial charge in [-0.05, 0) is 23.8 Å². The van der Waals surface area contributed by atoms with Crippen molar-refractivity contribution < 1.29 is 18.0 Å². The molecule has 0 unspecified atom stereocenters. The van der Waals surface area contributed by atoms with Gasteiger partial charge in [0, 0.05) is 18.0 Å². The molecule has 2 aromatic rings. The van der Waals surface area contributed by atoms with E-state index in [0.29, 0.717) is 0 Å². The van der Waals surface area contributed by atoms with Gasteiger partial charge in [0.2, 0.25) is 15.9 Å². The topological polar surface area (TPSA) is 104 Å². The zero-order valence-electron chi connectivity index (χ0n) is 14.5. The van der Waals surface area contributed by atoms with Crippen LogP contribution in [0.3, 0.4) is 0 Å². The number of amides is 2. The van der Waals surface area contributed by atoms with Crippen molar-refractivity contribution >= 4 is 21.8 Å². The van der Waals surface area contributed by atoms with Crippen molar-refractivity contribution in [1.29, 1.82) is 0 Å². The number of sulfonamides is 1. The molecule has 2 aromatic carbocycles. The molecule has 0 spiro atoms. The van der Waals surface area contributed by atoms with Crippen LogP contribution >= 0.6 is 0 Å². The number of hydrogen-bond acceptors (Lipinski definition) is 4. The molecule has 0 radical (unpaired) electrons. The van der Waals surface area contributed by atoms with Gasteiger partial charge in [0.15, 0.2) is 0 Å². The maximum absolute atomic E-state index is 12.4. The fourth-order valence-corrected chi connectivity index (χ4v) is 3.06. The van der Waals surface area contributed by atoms with Gasteiger partial charge in [0.1, 0.15) is 0 Å². The Bertz CT molecular complexity index is 880. The Morgan fingerprint density at radius 1 is 0.962 bits per heavy atom. The molecule has 0 atom stereocenters. The van der Waals surface area contributed by atoms with E-state index in [0.717, 1.165) is 5.56 Å². The van der Waals surface area contributed by atoms with Crippen molar-refractivity contribution in [3.05, 3.63) is 65.7 Å². The normalized spacial score (nSPS) is 11.2. The average Bonchev–Trinajstić information content (AvgIpc) is 2.65. The molecule has 26 heavy (non-hydrogen) atoms. The van der Waals surface area contributed by atoms with Crippen molar-refractivity contribution in [3.63, 3.8) is 0 Å². The second-order valence-electron chi connectivity index (χ2n) is 5.94. The van der Waals surface area contributed by atoms with Crippen molar-refractivity contribution in [1.82, 2.24) is 15.6 Å². The summed E-state index contributed by atoms with van der Waals surface area (Å²) in [6.45, 7) is 3.52. The highest BCUT2D eigenvalue weighted by atomic mass is 32.2. The van der Waals surface area contributed by atoms with E-state index < -0.39 is 15.9 Å². The minimum Gasteiger partial charge on any atom is -0.273 e. The lowest BCUT2D eigenvalue weighted by molar-refractivity contribution is -0.124. The number of hydrogen-bond donors (Lipinski definition) is 3. The molecule has 0 aliphatic carbocycles.